The number of carbonyl (C=O) groups excluding carboxylic acids is 1. The van der Waals surface area contributed by atoms with Gasteiger partial charge in [-0.25, -0.2) is 13.3 Å². The van der Waals surface area contributed by atoms with Gasteiger partial charge in [-0.2, -0.15) is 0 Å². The first kappa shape index (κ1) is 13.4. The quantitative estimate of drug-likeness (QED) is 0.869. The van der Waals surface area contributed by atoms with E-state index in [1.54, 1.807) is 18.2 Å². The number of amides is 2. The van der Waals surface area contributed by atoms with Crippen molar-refractivity contribution in [1.29, 1.82) is 0 Å². The van der Waals surface area contributed by atoms with Gasteiger partial charge in [-0.05, 0) is 30.2 Å². The van der Waals surface area contributed by atoms with Gasteiger partial charge in [0.2, 0.25) is 0 Å². The molecule has 0 spiro atoms. The molecule has 1 atom stereocenters. The molecule has 0 saturated carbocycles. The van der Waals surface area contributed by atoms with Crippen LogP contribution in [-0.2, 0) is 17.5 Å². The monoisotopic (exact) mass is 286 g/mol. The molecule has 18 heavy (non-hydrogen) atoms. The van der Waals surface area contributed by atoms with Crippen LogP contribution in [0.4, 0.5) is 4.79 Å². The van der Waals surface area contributed by atoms with Crippen molar-refractivity contribution in [3.05, 3.63) is 28.8 Å². The molecule has 1 aliphatic rings. The summed E-state index contributed by atoms with van der Waals surface area (Å²) in [6.07, 6.45) is 1.93. The first-order chi connectivity index (χ1) is 8.63. The number of hydrogen-bond acceptors (Lipinski definition) is 2. The highest BCUT2D eigenvalue weighted by molar-refractivity contribution is 7.83. The lowest BCUT2D eigenvalue weighted by Gasteiger charge is -2.14. The van der Waals surface area contributed by atoms with Crippen LogP contribution in [0.3, 0.4) is 0 Å². The summed E-state index contributed by atoms with van der Waals surface area (Å²) in [5.74, 6) is 0. The van der Waals surface area contributed by atoms with Gasteiger partial charge in [0, 0.05) is 11.6 Å². The van der Waals surface area contributed by atoms with Gasteiger partial charge in [-0.3, -0.25) is 0 Å². The molecule has 2 rings (SSSR count). The van der Waals surface area contributed by atoms with Crippen LogP contribution >= 0.6 is 11.6 Å². The fourth-order valence-corrected chi connectivity index (χ4v) is 3.22. The van der Waals surface area contributed by atoms with Gasteiger partial charge in [-0.15, -0.1) is 0 Å². The predicted octanol–water partition coefficient (Wildman–Crippen LogP) is 2.69. The molecule has 1 aromatic rings. The minimum Gasteiger partial charge on any atom is -0.337 e. The second-order valence-electron chi connectivity index (χ2n) is 4.12. The molecule has 6 heteroatoms. The first-order valence-electron chi connectivity index (χ1n) is 5.89. The van der Waals surface area contributed by atoms with Gasteiger partial charge in [0.25, 0.3) is 0 Å². The van der Waals surface area contributed by atoms with Crippen molar-refractivity contribution < 1.29 is 9.00 Å². The minimum absolute atomic E-state index is 0.283. The lowest BCUT2D eigenvalue weighted by atomic mass is 10.2. The maximum atomic E-state index is 12.1. The Balaban J connectivity index is 2.06. The molecule has 0 radical (unpaired) electrons. The van der Waals surface area contributed by atoms with E-state index in [1.807, 2.05) is 0 Å². The van der Waals surface area contributed by atoms with Crippen molar-refractivity contribution >= 4 is 28.6 Å². The minimum atomic E-state index is -1.42. The van der Waals surface area contributed by atoms with Crippen LogP contribution in [0.25, 0.3) is 0 Å². The molecular formula is C12H15ClN2O2S. The fourth-order valence-electron chi connectivity index (χ4n) is 1.78. The third kappa shape index (κ3) is 2.67. The smallest absolute Gasteiger partial charge is 0.329 e. The summed E-state index contributed by atoms with van der Waals surface area (Å²) in [6.45, 7) is 3.01. The van der Waals surface area contributed by atoms with Gasteiger partial charge in [0.1, 0.15) is 0 Å². The molecule has 98 valence electrons. The molecule has 1 aliphatic heterocycles. The van der Waals surface area contributed by atoms with Crippen molar-refractivity contribution in [2.75, 3.05) is 6.54 Å². The largest absolute Gasteiger partial charge is 0.337 e. The molecule has 0 fully saturated rings. The van der Waals surface area contributed by atoms with Crippen molar-refractivity contribution in [2.45, 2.75) is 31.2 Å². The van der Waals surface area contributed by atoms with Crippen LogP contribution < -0.4 is 5.32 Å². The Hall–Kier alpha value is -1.07. The highest BCUT2D eigenvalue weighted by Gasteiger charge is 2.30. The van der Waals surface area contributed by atoms with Gasteiger partial charge in [0.05, 0.1) is 11.4 Å². The number of hydrogen-bond donors (Lipinski definition) is 1. The maximum absolute atomic E-state index is 12.1. The third-order valence-electron chi connectivity index (χ3n) is 2.76. The van der Waals surface area contributed by atoms with Gasteiger partial charge < -0.3 is 5.32 Å². The van der Waals surface area contributed by atoms with E-state index in [9.17, 15) is 9.00 Å². The summed E-state index contributed by atoms with van der Waals surface area (Å²) in [5, 5.41) is 3.36. The number of urea groups is 1. The van der Waals surface area contributed by atoms with Gasteiger partial charge >= 0.3 is 6.03 Å². The van der Waals surface area contributed by atoms with Crippen LogP contribution in [0.15, 0.2) is 23.1 Å². The highest BCUT2D eigenvalue weighted by Crippen LogP contribution is 2.29. The number of fused-ring (bicyclic) bond motifs is 1. The van der Waals surface area contributed by atoms with E-state index >= 15 is 0 Å². The van der Waals surface area contributed by atoms with Crippen LogP contribution in [0.5, 0.6) is 0 Å². The number of nitrogens with zero attached hydrogens (tertiary/aromatic N) is 1. The van der Waals surface area contributed by atoms with Crippen LogP contribution in [0.2, 0.25) is 5.02 Å². The molecular weight excluding hydrogens is 272 g/mol. The molecule has 0 aromatic heterocycles. The zero-order valence-corrected chi connectivity index (χ0v) is 11.7. The average molecular weight is 287 g/mol. The average Bonchev–Trinajstić information content (AvgIpc) is 2.66. The molecule has 1 N–H and O–H groups in total. The third-order valence-corrected chi connectivity index (χ3v) is 4.46. The van der Waals surface area contributed by atoms with Gasteiger partial charge in [0.15, 0.2) is 11.0 Å². The summed E-state index contributed by atoms with van der Waals surface area (Å²) in [4.78, 5) is 12.5. The number of nitrogens with one attached hydrogen (secondary N) is 1. The number of carbonyl (C=O) groups is 1. The Kier molecular flexibility index (Phi) is 4.24. The Morgan fingerprint density at radius 1 is 1.56 bits per heavy atom. The van der Waals surface area contributed by atoms with Crippen LogP contribution in [0.1, 0.15) is 25.3 Å². The summed E-state index contributed by atoms with van der Waals surface area (Å²) in [7, 11) is -1.42. The van der Waals surface area contributed by atoms with E-state index in [1.165, 1.54) is 4.31 Å². The standard InChI is InChI=1S/C12H15ClN2O2S/c1-2-3-6-14-12(16)15-8-9-7-10(13)4-5-11(9)18(15)17/h4-5,7H,2-3,6,8H2,1H3,(H,14,16). The van der Waals surface area contributed by atoms with E-state index in [-0.39, 0.29) is 6.03 Å². The SMILES string of the molecule is CCCCNC(=O)N1Cc2cc(Cl)ccc2S1=O. The van der Waals surface area contributed by atoms with E-state index in [0.717, 1.165) is 18.4 Å². The van der Waals surface area contributed by atoms with E-state index in [0.29, 0.717) is 23.0 Å². The molecule has 1 heterocycles. The molecule has 1 unspecified atom stereocenters. The number of halogens is 1. The first-order valence-corrected chi connectivity index (χ1v) is 7.37. The van der Waals surface area contributed by atoms with Crippen molar-refractivity contribution in [3.8, 4) is 0 Å². The summed E-state index contributed by atoms with van der Waals surface area (Å²) in [5.41, 5.74) is 0.853. The molecule has 0 aliphatic carbocycles. The zero-order valence-electron chi connectivity index (χ0n) is 10.1. The molecule has 1 aromatic carbocycles. The summed E-state index contributed by atoms with van der Waals surface area (Å²) in [6, 6.07) is 4.88. The molecule has 2 amide bonds. The predicted molar refractivity (Wildman–Crippen MR) is 71.7 cm³/mol. The van der Waals surface area contributed by atoms with Crippen molar-refractivity contribution in [2.24, 2.45) is 0 Å². The maximum Gasteiger partial charge on any atom is 0.329 e. The topological polar surface area (TPSA) is 49.4 Å². The Morgan fingerprint density at radius 2 is 2.33 bits per heavy atom. The Morgan fingerprint density at radius 3 is 3.06 bits per heavy atom. The molecule has 4 nitrogen and oxygen atoms in total. The molecule has 0 bridgehead atoms. The number of unbranched alkanes of at least 4 members (excludes halogenated alkanes) is 1. The van der Waals surface area contributed by atoms with E-state index in [2.05, 4.69) is 12.2 Å². The lowest BCUT2D eigenvalue weighted by molar-refractivity contribution is 0.224. The zero-order chi connectivity index (χ0) is 13.1. The van der Waals surface area contributed by atoms with Crippen LogP contribution in [-0.4, -0.2) is 21.1 Å². The van der Waals surface area contributed by atoms with E-state index < -0.39 is 11.0 Å². The second kappa shape index (κ2) is 5.71. The highest BCUT2D eigenvalue weighted by atomic mass is 35.5. The second-order valence-corrected chi connectivity index (χ2v) is 5.94. The van der Waals surface area contributed by atoms with Gasteiger partial charge in [-0.1, -0.05) is 24.9 Å². The van der Waals surface area contributed by atoms with Crippen LogP contribution in [0, 0.1) is 0 Å². The summed E-state index contributed by atoms with van der Waals surface area (Å²) < 4.78 is 13.4. The molecule has 0 saturated heterocycles. The Labute approximate surface area is 114 Å². The van der Waals surface area contributed by atoms with Crippen molar-refractivity contribution in [1.82, 2.24) is 9.62 Å². The fraction of sp³-hybridized carbons (Fsp3) is 0.417. The van der Waals surface area contributed by atoms with E-state index in [4.69, 9.17) is 11.6 Å². The lowest BCUT2D eigenvalue weighted by Crippen LogP contribution is -2.38. The number of rotatable bonds is 3. The number of benzene rings is 1. The normalized spacial score (nSPS) is 17.7. The Bertz CT molecular complexity index is 493. The summed E-state index contributed by atoms with van der Waals surface area (Å²) >= 11 is 5.88. The van der Waals surface area contributed by atoms with Crippen molar-refractivity contribution in [3.63, 3.8) is 0 Å².